The van der Waals surface area contributed by atoms with E-state index in [1.54, 1.807) is 6.92 Å². The van der Waals surface area contributed by atoms with Crippen molar-refractivity contribution in [1.82, 2.24) is 4.90 Å². The molecule has 1 aromatic heterocycles. The summed E-state index contributed by atoms with van der Waals surface area (Å²) in [5, 5.41) is 0.472. The molecule has 0 bridgehead atoms. The molecule has 0 fully saturated rings. The van der Waals surface area contributed by atoms with Gasteiger partial charge in [0.05, 0.1) is 6.61 Å². The van der Waals surface area contributed by atoms with E-state index in [2.05, 4.69) is 0 Å². The SMILES string of the molecule is CCOC(=O)c1c(N)sc(CN(C)C)c1-c1ccc2c(c1)OCCO2. The summed E-state index contributed by atoms with van der Waals surface area (Å²) in [4.78, 5) is 15.5. The van der Waals surface area contributed by atoms with E-state index < -0.39 is 5.97 Å². The minimum atomic E-state index is -0.397. The molecule has 0 saturated carbocycles. The van der Waals surface area contributed by atoms with E-state index in [-0.39, 0.29) is 0 Å². The summed E-state index contributed by atoms with van der Waals surface area (Å²) in [6, 6.07) is 5.70. The van der Waals surface area contributed by atoms with Crippen LogP contribution in [0.3, 0.4) is 0 Å². The maximum Gasteiger partial charge on any atom is 0.341 e. The Bertz CT molecular complexity index is 786. The Morgan fingerprint density at radius 2 is 2.00 bits per heavy atom. The Balaban J connectivity index is 2.13. The number of nitrogen functional groups attached to an aromatic ring is 1. The van der Waals surface area contributed by atoms with Crippen molar-refractivity contribution in [2.45, 2.75) is 13.5 Å². The Labute approximate surface area is 151 Å². The van der Waals surface area contributed by atoms with Gasteiger partial charge in [0.1, 0.15) is 23.8 Å². The molecule has 134 valence electrons. The lowest BCUT2D eigenvalue weighted by atomic mass is 10.00. The van der Waals surface area contributed by atoms with Gasteiger partial charge in [-0.1, -0.05) is 6.07 Å². The van der Waals surface area contributed by atoms with Gasteiger partial charge in [-0.05, 0) is 38.7 Å². The molecule has 25 heavy (non-hydrogen) atoms. The number of anilines is 1. The first-order chi connectivity index (χ1) is 12.0. The van der Waals surface area contributed by atoms with Gasteiger partial charge in [0.2, 0.25) is 0 Å². The molecule has 2 heterocycles. The van der Waals surface area contributed by atoms with E-state index >= 15 is 0 Å². The average Bonchev–Trinajstić information content (AvgIpc) is 2.89. The number of rotatable bonds is 5. The van der Waals surface area contributed by atoms with Crippen LogP contribution in [0.15, 0.2) is 18.2 Å². The number of carbonyl (C=O) groups excluding carboxylic acids is 1. The van der Waals surface area contributed by atoms with Gasteiger partial charge in [0.25, 0.3) is 0 Å². The van der Waals surface area contributed by atoms with Crippen LogP contribution in [0.1, 0.15) is 22.2 Å². The number of benzene rings is 1. The first-order valence-electron chi connectivity index (χ1n) is 8.14. The Morgan fingerprint density at radius 3 is 2.68 bits per heavy atom. The first kappa shape index (κ1) is 17.6. The predicted molar refractivity (Wildman–Crippen MR) is 98.5 cm³/mol. The third kappa shape index (κ3) is 3.57. The molecular formula is C18H22N2O4S. The highest BCUT2D eigenvalue weighted by molar-refractivity contribution is 7.17. The summed E-state index contributed by atoms with van der Waals surface area (Å²) in [5.41, 5.74) is 8.28. The second kappa shape index (κ2) is 7.33. The van der Waals surface area contributed by atoms with Crippen molar-refractivity contribution in [2.75, 3.05) is 39.6 Å². The van der Waals surface area contributed by atoms with Gasteiger partial charge in [0, 0.05) is 17.0 Å². The monoisotopic (exact) mass is 362 g/mol. The van der Waals surface area contributed by atoms with Crippen molar-refractivity contribution in [3.8, 4) is 22.6 Å². The summed E-state index contributed by atoms with van der Waals surface area (Å²) in [6.07, 6.45) is 0. The minimum Gasteiger partial charge on any atom is -0.486 e. The number of thiophene rings is 1. The van der Waals surface area contributed by atoms with Crippen LogP contribution in [0.4, 0.5) is 5.00 Å². The summed E-state index contributed by atoms with van der Waals surface area (Å²) < 4.78 is 16.5. The standard InChI is InChI=1S/C18H22N2O4S/c1-4-22-18(21)16-15(14(10-20(2)3)25-17(16)19)11-5-6-12-13(9-11)24-8-7-23-12/h5-6,9H,4,7-8,10,19H2,1-3H3. The highest BCUT2D eigenvalue weighted by Crippen LogP contribution is 2.42. The van der Waals surface area contributed by atoms with Crippen molar-refractivity contribution >= 4 is 22.3 Å². The molecule has 1 aromatic carbocycles. The second-order valence-corrected chi connectivity index (χ2v) is 7.09. The van der Waals surface area contributed by atoms with Gasteiger partial charge in [0.15, 0.2) is 11.5 Å². The highest BCUT2D eigenvalue weighted by Gasteiger charge is 2.26. The number of ether oxygens (including phenoxy) is 3. The fourth-order valence-corrected chi connectivity index (χ4v) is 4.00. The second-order valence-electron chi connectivity index (χ2n) is 5.96. The van der Waals surface area contributed by atoms with E-state index in [1.807, 2.05) is 37.2 Å². The van der Waals surface area contributed by atoms with E-state index in [4.69, 9.17) is 19.9 Å². The van der Waals surface area contributed by atoms with Gasteiger partial charge in [-0.25, -0.2) is 4.79 Å². The van der Waals surface area contributed by atoms with Crippen LogP contribution in [0, 0.1) is 0 Å². The number of hydrogen-bond acceptors (Lipinski definition) is 7. The van der Waals surface area contributed by atoms with Gasteiger partial charge >= 0.3 is 5.97 Å². The summed E-state index contributed by atoms with van der Waals surface area (Å²) >= 11 is 1.42. The van der Waals surface area contributed by atoms with Crippen molar-refractivity contribution in [1.29, 1.82) is 0 Å². The molecule has 6 nitrogen and oxygen atoms in total. The van der Waals surface area contributed by atoms with E-state index in [0.29, 0.717) is 48.4 Å². The molecule has 2 aromatic rings. The van der Waals surface area contributed by atoms with Crippen molar-refractivity contribution in [2.24, 2.45) is 0 Å². The van der Waals surface area contributed by atoms with Crippen LogP contribution in [-0.4, -0.2) is 44.8 Å². The van der Waals surface area contributed by atoms with Crippen molar-refractivity contribution in [3.05, 3.63) is 28.6 Å². The molecule has 0 atom stereocenters. The first-order valence-corrected chi connectivity index (χ1v) is 8.96. The average molecular weight is 362 g/mol. The lowest BCUT2D eigenvalue weighted by molar-refractivity contribution is 0.0529. The fraction of sp³-hybridized carbons (Fsp3) is 0.389. The number of hydrogen-bond donors (Lipinski definition) is 1. The quantitative estimate of drug-likeness (QED) is 0.824. The normalized spacial score (nSPS) is 13.1. The molecule has 0 unspecified atom stereocenters. The Kier molecular flexibility index (Phi) is 5.15. The van der Waals surface area contributed by atoms with Gasteiger partial charge in [-0.3, -0.25) is 0 Å². The molecule has 0 spiro atoms. The number of nitrogens with two attached hydrogens (primary N) is 1. The molecule has 1 aliphatic heterocycles. The number of carbonyl (C=O) groups is 1. The third-order valence-corrected chi connectivity index (χ3v) is 4.78. The molecule has 0 amide bonds. The minimum absolute atomic E-state index is 0.303. The van der Waals surface area contributed by atoms with Crippen molar-refractivity contribution in [3.63, 3.8) is 0 Å². The predicted octanol–water partition coefficient (Wildman–Crippen LogP) is 3.01. The zero-order valence-electron chi connectivity index (χ0n) is 14.6. The summed E-state index contributed by atoms with van der Waals surface area (Å²) in [6.45, 7) is 3.82. The maximum atomic E-state index is 12.5. The Morgan fingerprint density at radius 1 is 1.28 bits per heavy atom. The van der Waals surface area contributed by atoms with Gasteiger partial charge in [-0.15, -0.1) is 11.3 Å². The zero-order valence-corrected chi connectivity index (χ0v) is 15.4. The molecule has 2 N–H and O–H groups in total. The van der Waals surface area contributed by atoms with Crippen LogP contribution >= 0.6 is 11.3 Å². The summed E-state index contributed by atoms with van der Waals surface area (Å²) in [7, 11) is 3.96. The Hall–Kier alpha value is -2.25. The van der Waals surface area contributed by atoms with Crippen LogP contribution in [0.5, 0.6) is 11.5 Å². The van der Waals surface area contributed by atoms with Crippen LogP contribution in [-0.2, 0) is 11.3 Å². The maximum absolute atomic E-state index is 12.5. The number of fused-ring (bicyclic) bond motifs is 1. The lowest BCUT2D eigenvalue weighted by Gasteiger charge is -2.19. The molecule has 7 heteroatoms. The molecule has 3 rings (SSSR count). The highest BCUT2D eigenvalue weighted by atomic mass is 32.1. The molecular weight excluding hydrogens is 340 g/mol. The third-order valence-electron chi connectivity index (χ3n) is 3.78. The largest absolute Gasteiger partial charge is 0.486 e. The molecule has 1 aliphatic rings. The van der Waals surface area contributed by atoms with E-state index in [1.165, 1.54) is 11.3 Å². The van der Waals surface area contributed by atoms with Crippen LogP contribution < -0.4 is 15.2 Å². The lowest BCUT2D eigenvalue weighted by Crippen LogP contribution is -2.15. The molecule has 0 saturated heterocycles. The number of esters is 1. The van der Waals surface area contributed by atoms with Gasteiger partial charge in [-0.2, -0.15) is 0 Å². The number of nitrogens with zero attached hydrogens (tertiary/aromatic N) is 1. The van der Waals surface area contributed by atoms with Crippen LogP contribution in [0.25, 0.3) is 11.1 Å². The smallest absolute Gasteiger partial charge is 0.341 e. The topological polar surface area (TPSA) is 74.0 Å². The fourth-order valence-electron chi connectivity index (χ4n) is 2.81. The van der Waals surface area contributed by atoms with Gasteiger partial charge < -0.3 is 24.8 Å². The van der Waals surface area contributed by atoms with Crippen molar-refractivity contribution < 1.29 is 19.0 Å². The van der Waals surface area contributed by atoms with E-state index in [0.717, 1.165) is 16.0 Å². The zero-order chi connectivity index (χ0) is 18.0. The summed E-state index contributed by atoms with van der Waals surface area (Å²) in [5.74, 6) is 0.996. The van der Waals surface area contributed by atoms with Crippen LogP contribution in [0.2, 0.25) is 0 Å². The molecule has 0 radical (unpaired) electrons. The molecule has 0 aliphatic carbocycles. The van der Waals surface area contributed by atoms with E-state index in [9.17, 15) is 4.79 Å².